The van der Waals surface area contributed by atoms with Crippen molar-refractivity contribution in [3.63, 3.8) is 0 Å². The van der Waals surface area contributed by atoms with Crippen LogP contribution < -0.4 is 10.8 Å². The molecule has 0 radical (unpaired) electrons. The minimum Gasteiger partial charge on any atom is -0.508 e. The molecular weight excluding hydrogens is 408 g/mol. The number of hydroxylamine groups is 1. The summed E-state index contributed by atoms with van der Waals surface area (Å²) in [5.41, 5.74) is 5.03. The quantitative estimate of drug-likeness (QED) is 0.228. The number of phenolic OH excluding ortho intramolecular Hbond substituents is 1. The highest BCUT2D eigenvalue weighted by atomic mass is 16.6. The van der Waals surface area contributed by atoms with Gasteiger partial charge in [-0.05, 0) is 80.5 Å². The largest absolute Gasteiger partial charge is 0.508 e. The predicted molar refractivity (Wildman–Crippen MR) is 121 cm³/mol. The van der Waals surface area contributed by atoms with Crippen molar-refractivity contribution in [2.75, 3.05) is 0 Å². The second-order valence-electron chi connectivity index (χ2n) is 8.98. The van der Waals surface area contributed by atoms with Crippen LogP contribution in [0, 0.1) is 0 Å². The highest BCUT2D eigenvalue weighted by Crippen LogP contribution is 2.33. The molecule has 4 N–H and O–H groups in total. The van der Waals surface area contributed by atoms with Crippen LogP contribution in [-0.4, -0.2) is 33.8 Å². The van der Waals surface area contributed by atoms with E-state index < -0.39 is 17.6 Å². The minimum absolute atomic E-state index is 0.00148. The molecule has 7 nitrogen and oxygen atoms in total. The Morgan fingerprint density at radius 2 is 1.91 bits per heavy atom. The SMILES string of the molecule is CC(C)(C)OC(=O)[C@H](Cc1ccc(O)cc1)NC1CCc2cc(/C=C/C(=O)NO)ccc21. The monoisotopic (exact) mass is 438 g/mol. The zero-order valence-corrected chi connectivity index (χ0v) is 18.6. The Hall–Kier alpha value is -3.16. The third-order valence-corrected chi connectivity index (χ3v) is 5.25. The smallest absolute Gasteiger partial charge is 0.324 e. The van der Waals surface area contributed by atoms with E-state index in [0.717, 1.165) is 35.1 Å². The van der Waals surface area contributed by atoms with E-state index >= 15 is 0 Å². The number of phenols is 1. The van der Waals surface area contributed by atoms with Gasteiger partial charge in [0.1, 0.15) is 17.4 Å². The van der Waals surface area contributed by atoms with Crippen LogP contribution in [0.3, 0.4) is 0 Å². The lowest BCUT2D eigenvalue weighted by molar-refractivity contribution is -0.157. The average Bonchev–Trinajstić information content (AvgIpc) is 3.13. The zero-order chi connectivity index (χ0) is 23.3. The van der Waals surface area contributed by atoms with Crippen LogP contribution in [0.4, 0.5) is 0 Å². The Labute approximate surface area is 188 Å². The summed E-state index contributed by atoms with van der Waals surface area (Å²) in [4.78, 5) is 24.2. The van der Waals surface area contributed by atoms with Gasteiger partial charge in [-0.2, -0.15) is 0 Å². The van der Waals surface area contributed by atoms with Crippen molar-refractivity contribution in [3.05, 3.63) is 70.8 Å². The molecule has 0 bridgehead atoms. The molecule has 1 amide bonds. The molecule has 32 heavy (non-hydrogen) atoms. The molecule has 7 heteroatoms. The third-order valence-electron chi connectivity index (χ3n) is 5.25. The summed E-state index contributed by atoms with van der Waals surface area (Å²) in [6.45, 7) is 5.54. The number of aryl methyl sites for hydroxylation is 1. The summed E-state index contributed by atoms with van der Waals surface area (Å²) < 4.78 is 5.66. The summed E-state index contributed by atoms with van der Waals surface area (Å²) in [6.07, 6.45) is 5.04. The Morgan fingerprint density at radius 3 is 2.56 bits per heavy atom. The van der Waals surface area contributed by atoms with Gasteiger partial charge in [-0.25, -0.2) is 5.48 Å². The maximum absolute atomic E-state index is 13.0. The van der Waals surface area contributed by atoms with Crippen molar-refractivity contribution in [2.45, 2.75) is 57.7 Å². The Morgan fingerprint density at radius 1 is 1.19 bits per heavy atom. The molecule has 170 valence electrons. The van der Waals surface area contributed by atoms with Crippen LogP contribution in [0.2, 0.25) is 0 Å². The molecule has 0 aliphatic heterocycles. The number of hydrogen-bond acceptors (Lipinski definition) is 6. The Kier molecular flexibility index (Phi) is 7.33. The first-order valence-electron chi connectivity index (χ1n) is 10.7. The van der Waals surface area contributed by atoms with Crippen molar-refractivity contribution in [2.24, 2.45) is 0 Å². The Bertz CT molecular complexity index is 992. The summed E-state index contributed by atoms with van der Waals surface area (Å²) in [5.74, 6) is -0.713. The van der Waals surface area contributed by atoms with Crippen LogP contribution in [0.15, 0.2) is 48.5 Å². The molecule has 0 aromatic heterocycles. The average molecular weight is 439 g/mol. The standard InChI is InChI=1S/C25H30N2O5/c1-25(2,3)32-24(30)22(15-17-4-9-19(28)10-5-17)26-21-12-8-18-14-16(6-11-20(18)21)7-13-23(29)27-31/h4-7,9-11,13-14,21-22,26,28,31H,8,12,15H2,1-3H3,(H,27,29)/b13-7+/t21?,22-/m0/s1. The van der Waals surface area contributed by atoms with Crippen LogP contribution in [0.5, 0.6) is 5.75 Å². The van der Waals surface area contributed by atoms with Gasteiger partial charge in [0.25, 0.3) is 5.91 Å². The Balaban J connectivity index is 1.78. The number of carbonyl (C=O) groups excluding carboxylic acids is 2. The van der Waals surface area contributed by atoms with E-state index in [0.29, 0.717) is 6.42 Å². The first-order chi connectivity index (χ1) is 15.1. The molecule has 2 aromatic rings. The molecule has 0 saturated carbocycles. The fourth-order valence-corrected chi connectivity index (χ4v) is 3.82. The van der Waals surface area contributed by atoms with Gasteiger partial charge in [-0.1, -0.05) is 30.3 Å². The van der Waals surface area contributed by atoms with Gasteiger partial charge in [0, 0.05) is 12.1 Å². The van der Waals surface area contributed by atoms with Crippen LogP contribution >= 0.6 is 0 Å². The summed E-state index contributed by atoms with van der Waals surface area (Å²) in [7, 11) is 0. The van der Waals surface area contributed by atoms with Crippen molar-refractivity contribution in [1.82, 2.24) is 10.8 Å². The van der Waals surface area contributed by atoms with Crippen molar-refractivity contribution in [1.29, 1.82) is 0 Å². The van der Waals surface area contributed by atoms with E-state index in [1.54, 1.807) is 35.8 Å². The molecule has 0 heterocycles. The molecule has 0 spiro atoms. The molecule has 1 aliphatic rings. The second-order valence-corrected chi connectivity index (χ2v) is 8.98. The highest BCUT2D eigenvalue weighted by molar-refractivity contribution is 5.90. The number of aromatic hydroxyl groups is 1. The number of amides is 1. The predicted octanol–water partition coefficient (Wildman–Crippen LogP) is 3.44. The molecule has 3 rings (SSSR count). The summed E-state index contributed by atoms with van der Waals surface area (Å²) >= 11 is 0. The lowest BCUT2D eigenvalue weighted by Crippen LogP contribution is -2.44. The normalized spacial score (nSPS) is 16.6. The number of nitrogens with one attached hydrogen (secondary N) is 2. The maximum atomic E-state index is 13.0. The van der Waals surface area contributed by atoms with Gasteiger partial charge in [-0.15, -0.1) is 0 Å². The molecule has 2 atom stereocenters. The van der Waals surface area contributed by atoms with E-state index in [1.165, 1.54) is 6.08 Å². The van der Waals surface area contributed by atoms with E-state index in [1.807, 2.05) is 39.0 Å². The van der Waals surface area contributed by atoms with Crippen LogP contribution in [-0.2, 0) is 27.2 Å². The van der Waals surface area contributed by atoms with Crippen LogP contribution in [0.1, 0.15) is 55.5 Å². The summed E-state index contributed by atoms with van der Waals surface area (Å²) in [6, 6.07) is 12.2. The molecule has 2 aromatic carbocycles. The van der Waals surface area contributed by atoms with Gasteiger partial charge in [0.15, 0.2) is 0 Å². The van der Waals surface area contributed by atoms with E-state index in [4.69, 9.17) is 9.94 Å². The van der Waals surface area contributed by atoms with Gasteiger partial charge in [-0.3, -0.25) is 20.1 Å². The number of hydrogen-bond donors (Lipinski definition) is 4. The minimum atomic E-state index is -0.596. The lowest BCUT2D eigenvalue weighted by atomic mass is 10.0. The number of benzene rings is 2. The van der Waals surface area contributed by atoms with E-state index in [2.05, 4.69) is 5.32 Å². The van der Waals surface area contributed by atoms with E-state index in [9.17, 15) is 14.7 Å². The van der Waals surface area contributed by atoms with Gasteiger partial charge >= 0.3 is 5.97 Å². The van der Waals surface area contributed by atoms with Crippen LogP contribution in [0.25, 0.3) is 6.08 Å². The number of ether oxygens (including phenoxy) is 1. The van der Waals surface area contributed by atoms with Gasteiger partial charge in [0.2, 0.25) is 0 Å². The van der Waals surface area contributed by atoms with Crippen molar-refractivity contribution < 1.29 is 24.6 Å². The molecular formula is C25H30N2O5. The molecule has 0 saturated heterocycles. The van der Waals surface area contributed by atoms with Gasteiger partial charge in [0.05, 0.1) is 0 Å². The zero-order valence-electron chi connectivity index (χ0n) is 18.6. The number of esters is 1. The summed E-state index contributed by atoms with van der Waals surface area (Å²) in [5, 5.41) is 21.6. The number of fused-ring (bicyclic) bond motifs is 1. The van der Waals surface area contributed by atoms with Gasteiger partial charge < -0.3 is 9.84 Å². The molecule has 1 unspecified atom stereocenters. The van der Waals surface area contributed by atoms with E-state index in [-0.39, 0.29) is 17.8 Å². The number of rotatable bonds is 7. The second kappa shape index (κ2) is 9.97. The fourth-order valence-electron chi connectivity index (χ4n) is 3.82. The topological polar surface area (TPSA) is 108 Å². The van der Waals surface area contributed by atoms with Crippen molar-refractivity contribution >= 4 is 18.0 Å². The molecule has 0 fully saturated rings. The highest BCUT2D eigenvalue weighted by Gasteiger charge is 2.31. The third kappa shape index (κ3) is 6.42. The molecule has 1 aliphatic carbocycles. The fraction of sp³-hybridized carbons (Fsp3) is 0.360. The lowest BCUT2D eigenvalue weighted by Gasteiger charge is -2.27. The first kappa shape index (κ1) is 23.5. The number of carbonyl (C=O) groups is 2. The van der Waals surface area contributed by atoms with Crippen molar-refractivity contribution in [3.8, 4) is 5.75 Å². The first-order valence-corrected chi connectivity index (χ1v) is 10.7. The maximum Gasteiger partial charge on any atom is 0.324 e.